The number of amides is 1. The van der Waals surface area contributed by atoms with E-state index in [9.17, 15) is 9.59 Å². The summed E-state index contributed by atoms with van der Waals surface area (Å²) in [5.41, 5.74) is 0.923. The van der Waals surface area contributed by atoms with Gasteiger partial charge in [0.1, 0.15) is 10.9 Å². The van der Waals surface area contributed by atoms with Gasteiger partial charge in [-0.1, -0.05) is 29.8 Å². The van der Waals surface area contributed by atoms with E-state index in [1.165, 1.54) is 12.1 Å². The maximum absolute atomic E-state index is 12.3. The first-order valence-corrected chi connectivity index (χ1v) is 7.35. The van der Waals surface area contributed by atoms with E-state index in [-0.39, 0.29) is 28.6 Å². The van der Waals surface area contributed by atoms with Crippen molar-refractivity contribution in [1.29, 1.82) is 0 Å². The molecule has 114 valence electrons. The summed E-state index contributed by atoms with van der Waals surface area (Å²) in [4.78, 5) is 26.0. The molecule has 2 atom stereocenters. The summed E-state index contributed by atoms with van der Waals surface area (Å²) in [7, 11) is 0. The van der Waals surface area contributed by atoms with Crippen molar-refractivity contribution in [3.05, 3.63) is 63.0 Å². The lowest BCUT2D eigenvalue weighted by atomic mass is 9.94. The van der Waals surface area contributed by atoms with Crippen molar-refractivity contribution in [2.45, 2.75) is 18.9 Å². The summed E-state index contributed by atoms with van der Waals surface area (Å²) in [5.74, 6) is 0.607. The third kappa shape index (κ3) is 2.85. The van der Waals surface area contributed by atoms with Gasteiger partial charge < -0.3 is 15.0 Å². The van der Waals surface area contributed by atoms with Gasteiger partial charge in [-0.2, -0.15) is 0 Å². The number of aromatic nitrogens is 1. The van der Waals surface area contributed by atoms with Gasteiger partial charge in [-0.05, 0) is 19.1 Å². The molecule has 0 saturated heterocycles. The lowest BCUT2D eigenvalue weighted by Crippen LogP contribution is -2.38. The van der Waals surface area contributed by atoms with E-state index >= 15 is 0 Å². The average molecular weight is 319 g/mol. The highest BCUT2D eigenvalue weighted by Gasteiger charge is 2.29. The standard InChI is InChI=1S/C16H15ClN2O3/c1-9(12-8-22-13-5-3-2-4-11(12)13)18-16(21)10-6-14(17)19-15(20)7-10/h2-7,9,12H,8H2,1H3,(H,18,21)(H,19,20)/t9-,12-/m1/s1. The Morgan fingerprint density at radius 2 is 2.18 bits per heavy atom. The van der Waals surface area contributed by atoms with E-state index in [4.69, 9.17) is 16.3 Å². The SMILES string of the molecule is C[C@@H](NC(=O)c1cc(Cl)[nH]c(=O)c1)[C@H]1COc2ccccc21. The first-order valence-electron chi connectivity index (χ1n) is 6.97. The highest BCUT2D eigenvalue weighted by Crippen LogP contribution is 2.35. The molecule has 2 aromatic rings. The number of pyridine rings is 1. The summed E-state index contributed by atoms with van der Waals surface area (Å²) in [6.45, 7) is 2.44. The second kappa shape index (κ2) is 5.85. The lowest BCUT2D eigenvalue weighted by molar-refractivity contribution is 0.0932. The number of halogens is 1. The molecule has 2 N–H and O–H groups in total. The topological polar surface area (TPSA) is 71.2 Å². The minimum absolute atomic E-state index is 0.0811. The van der Waals surface area contributed by atoms with Gasteiger partial charge in [0, 0.05) is 29.2 Å². The number of rotatable bonds is 3. The molecule has 6 heteroatoms. The Morgan fingerprint density at radius 1 is 1.41 bits per heavy atom. The number of ether oxygens (including phenoxy) is 1. The first kappa shape index (κ1) is 14.7. The summed E-state index contributed by atoms with van der Waals surface area (Å²) in [6.07, 6.45) is 0. The summed E-state index contributed by atoms with van der Waals surface area (Å²) < 4.78 is 5.63. The zero-order valence-corrected chi connectivity index (χ0v) is 12.7. The smallest absolute Gasteiger partial charge is 0.251 e. The fraction of sp³-hybridized carbons (Fsp3) is 0.250. The Hall–Kier alpha value is -2.27. The van der Waals surface area contributed by atoms with Crippen molar-refractivity contribution in [2.75, 3.05) is 6.61 Å². The number of para-hydroxylation sites is 1. The fourth-order valence-electron chi connectivity index (χ4n) is 2.63. The molecule has 0 saturated carbocycles. The van der Waals surface area contributed by atoms with Crippen molar-refractivity contribution >= 4 is 17.5 Å². The van der Waals surface area contributed by atoms with Crippen LogP contribution in [0.15, 0.2) is 41.2 Å². The number of H-pyrrole nitrogens is 1. The highest BCUT2D eigenvalue weighted by atomic mass is 35.5. The summed E-state index contributed by atoms with van der Waals surface area (Å²) >= 11 is 5.77. The Morgan fingerprint density at radius 3 is 2.95 bits per heavy atom. The van der Waals surface area contributed by atoms with Gasteiger partial charge in [0.2, 0.25) is 5.56 Å². The first-order chi connectivity index (χ1) is 10.5. The van der Waals surface area contributed by atoms with Gasteiger partial charge in [-0.15, -0.1) is 0 Å². The van der Waals surface area contributed by atoms with E-state index in [0.29, 0.717) is 6.61 Å². The van der Waals surface area contributed by atoms with Crippen LogP contribution in [0.1, 0.15) is 28.8 Å². The van der Waals surface area contributed by atoms with Gasteiger partial charge in [-0.25, -0.2) is 0 Å². The Bertz CT molecular complexity index is 772. The molecule has 0 fully saturated rings. The van der Waals surface area contributed by atoms with Crippen LogP contribution in [0, 0.1) is 0 Å². The van der Waals surface area contributed by atoms with Crippen LogP contribution in [-0.4, -0.2) is 23.5 Å². The van der Waals surface area contributed by atoms with Crippen molar-refractivity contribution in [3.8, 4) is 5.75 Å². The lowest BCUT2D eigenvalue weighted by Gasteiger charge is -2.20. The maximum atomic E-state index is 12.3. The number of aromatic amines is 1. The quantitative estimate of drug-likeness (QED) is 0.853. The van der Waals surface area contributed by atoms with Crippen LogP contribution in [0.4, 0.5) is 0 Å². The predicted molar refractivity (Wildman–Crippen MR) is 83.7 cm³/mol. The largest absolute Gasteiger partial charge is 0.493 e. The molecule has 5 nitrogen and oxygen atoms in total. The van der Waals surface area contributed by atoms with Crippen LogP contribution in [-0.2, 0) is 0 Å². The second-order valence-corrected chi connectivity index (χ2v) is 5.71. The molecule has 0 spiro atoms. The van der Waals surface area contributed by atoms with Gasteiger partial charge in [-0.3, -0.25) is 9.59 Å². The maximum Gasteiger partial charge on any atom is 0.251 e. The van der Waals surface area contributed by atoms with Crippen LogP contribution < -0.4 is 15.6 Å². The minimum Gasteiger partial charge on any atom is -0.493 e. The molecule has 1 aromatic carbocycles. The van der Waals surface area contributed by atoms with Gasteiger partial charge in [0.05, 0.1) is 6.61 Å². The molecular weight excluding hydrogens is 304 g/mol. The second-order valence-electron chi connectivity index (χ2n) is 5.30. The molecule has 3 rings (SSSR count). The van der Waals surface area contributed by atoms with Crippen LogP contribution in [0.5, 0.6) is 5.75 Å². The minimum atomic E-state index is -0.403. The molecule has 1 amide bonds. The number of nitrogens with one attached hydrogen (secondary N) is 2. The molecule has 1 aliphatic rings. The van der Waals surface area contributed by atoms with Crippen LogP contribution in [0.3, 0.4) is 0 Å². The van der Waals surface area contributed by atoms with Gasteiger partial charge >= 0.3 is 0 Å². The Balaban J connectivity index is 1.76. The third-order valence-electron chi connectivity index (χ3n) is 3.77. The summed E-state index contributed by atoms with van der Waals surface area (Å²) in [5, 5.41) is 3.04. The van der Waals surface area contributed by atoms with Gasteiger partial charge in [0.25, 0.3) is 5.91 Å². The molecule has 0 radical (unpaired) electrons. The van der Waals surface area contributed by atoms with Gasteiger partial charge in [0.15, 0.2) is 0 Å². The van der Waals surface area contributed by atoms with Crippen molar-refractivity contribution in [3.63, 3.8) is 0 Å². The Labute approximate surface area is 132 Å². The van der Waals surface area contributed by atoms with Crippen LogP contribution in [0.2, 0.25) is 5.15 Å². The van der Waals surface area contributed by atoms with E-state index < -0.39 is 5.56 Å². The number of benzene rings is 1. The number of carbonyl (C=O) groups is 1. The molecular formula is C16H15ClN2O3. The van der Waals surface area contributed by atoms with Crippen molar-refractivity contribution < 1.29 is 9.53 Å². The van der Waals surface area contributed by atoms with E-state index in [1.54, 1.807) is 0 Å². The molecule has 0 unspecified atom stereocenters. The molecule has 2 heterocycles. The number of fused-ring (bicyclic) bond motifs is 1. The Kier molecular flexibility index (Phi) is 3.90. The average Bonchev–Trinajstić information content (AvgIpc) is 2.90. The molecule has 22 heavy (non-hydrogen) atoms. The van der Waals surface area contributed by atoms with Crippen LogP contribution >= 0.6 is 11.6 Å². The molecule has 0 aliphatic carbocycles. The third-order valence-corrected chi connectivity index (χ3v) is 3.98. The monoisotopic (exact) mass is 318 g/mol. The predicted octanol–water partition coefficient (Wildman–Crippen LogP) is 2.32. The van der Waals surface area contributed by atoms with E-state index in [0.717, 1.165) is 11.3 Å². The molecule has 1 aliphatic heterocycles. The zero-order valence-electron chi connectivity index (χ0n) is 11.9. The normalized spacial score (nSPS) is 17.5. The van der Waals surface area contributed by atoms with Crippen molar-refractivity contribution in [2.24, 2.45) is 0 Å². The number of carbonyl (C=O) groups excluding carboxylic acids is 1. The summed E-state index contributed by atoms with van der Waals surface area (Å²) in [6, 6.07) is 10.3. The molecule has 0 bridgehead atoms. The number of hydrogen-bond acceptors (Lipinski definition) is 3. The number of hydrogen-bond donors (Lipinski definition) is 2. The zero-order chi connectivity index (χ0) is 15.7. The van der Waals surface area contributed by atoms with Crippen LogP contribution in [0.25, 0.3) is 0 Å². The van der Waals surface area contributed by atoms with E-state index in [2.05, 4.69) is 10.3 Å². The highest BCUT2D eigenvalue weighted by molar-refractivity contribution is 6.29. The van der Waals surface area contributed by atoms with Crippen molar-refractivity contribution in [1.82, 2.24) is 10.3 Å². The fourth-order valence-corrected chi connectivity index (χ4v) is 2.84. The van der Waals surface area contributed by atoms with E-state index in [1.807, 2.05) is 31.2 Å². The molecule has 1 aromatic heterocycles.